The SMILES string of the molecule is [B]C(=C)SC(=C)c1ccc(C)cc1. The highest BCUT2D eigenvalue weighted by Gasteiger charge is 1.98. The van der Waals surface area contributed by atoms with Gasteiger partial charge in [-0.3, -0.25) is 0 Å². The Morgan fingerprint density at radius 3 is 2.23 bits per heavy atom. The van der Waals surface area contributed by atoms with Crippen LogP contribution in [0.1, 0.15) is 11.1 Å². The molecular weight excluding hydrogens is 175 g/mol. The molecule has 1 rings (SSSR count). The molecule has 0 saturated carbocycles. The number of hydrogen-bond donors (Lipinski definition) is 0. The van der Waals surface area contributed by atoms with E-state index in [1.54, 1.807) is 0 Å². The Morgan fingerprint density at radius 2 is 1.77 bits per heavy atom. The van der Waals surface area contributed by atoms with E-state index in [1.165, 1.54) is 17.3 Å². The minimum atomic E-state index is 0.575. The van der Waals surface area contributed by atoms with Crippen LogP contribution in [0.2, 0.25) is 0 Å². The molecule has 0 fully saturated rings. The van der Waals surface area contributed by atoms with E-state index in [1.807, 2.05) is 12.1 Å². The van der Waals surface area contributed by atoms with Crippen molar-refractivity contribution in [3.8, 4) is 0 Å². The van der Waals surface area contributed by atoms with Crippen molar-refractivity contribution in [1.82, 2.24) is 0 Å². The maximum absolute atomic E-state index is 5.47. The van der Waals surface area contributed by atoms with E-state index in [2.05, 4.69) is 32.2 Å². The molecule has 0 N–H and O–H groups in total. The van der Waals surface area contributed by atoms with Gasteiger partial charge in [-0.05, 0) is 12.5 Å². The number of aryl methyl sites for hydroxylation is 1. The molecule has 0 spiro atoms. The molecule has 0 amide bonds. The van der Waals surface area contributed by atoms with Crippen LogP contribution in [0, 0.1) is 6.92 Å². The normalized spacial score (nSPS) is 9.62. The maximum atomic E-state index is 5.47. The third-order valence-corrected chi connectivity index (χ3v) is 2.37. The first kappa shape index (κ1) is 10.2. The quantitative estimate of drug-likeness (QED) is 0.652. The van der Waals surface area contributed by atoms with Crippen molar-refractivity contribution in [2.45, 2.75) is 6.92 Å². The van der Waals surface area contributed by atoms with E-state index >= 15 is 0 Å². The second-order valence-corrected chi connectivity index (χ2v) is 4.08. The van der Waals surface area contributed by atoms with Gasteiger partial charge in [0.2, 0.25) is 0 Å². The molecule has 0 aliphatic carbocycles. The molecule has 0 bridgehead atoms. The van der Waals surface area contributed by atoms with Gasteiger partial charge in [0.25, 0.3) is 0 Å². The van der Waals surface area contributed by atoms with Gasteiger partial charge in [0, 0.05) is 4.91 Å². The summed E-state index contributed by atoms with van der Waals surface area (Å²) in [5.41, 5.74) is 2.34. The standard InChI is InChI=1S/C11H11BS/c1-8-4-6-11(7-5-8)9(2)13-10(3)12/h4-7H,2-3H2,1H3. The topological polar surface area (TPSA) is 0 Å². The van der Waals surface area contributed by atoms with Gasteiger partial charge in [-0.25, -0.2) is 0 Å². The number of thioether (sulfide) groups is 1. The summed E-state index contributed by atoms with van der Waals surface area (Å²) in [6.45, 7) is 9.59. The Kier molecular flexibility index (Phi) is 3.43. The minimum absolute atomic E-state index is 0.575. The van der Waals surface area contributed by atoms with Crippen LogP contribution in [0.4, 0.5) is 0 Å². The van der Waals surface area contributed by atoms with Crippen molar-refractivity contribution in [1.29, 1.82) is 0 Å². The molecule has 2 radical (unpaired) electrons. The van der Waals surface area contributed by atoms with Gasteiger partial charge in [-0.1, -0.05) is 47.8 Å². The van der Waals surface area contributed by atoms with E-state index in [9.17, 15) is 0 Å². The zero-order valence-corrected chi connectivity index (χ0v) is 8.53. The van der Waals surface area contributed by atoms with Crippen molar-refractivity contribution in [3.05, 3.63) is 53.4 Å². The number of hydrogen-bond acceptors (Lipinski definition) is 1. The molecule has 1 aromatic rings. The molecule has 0 atom stereocenters. The van der Waals surface area contributed by atoms with Crippen LogP contribution in [-0.4, -0.2) is 7.85 Å². The van der Waals surface area contributed by atoms with Crippen LogP contribution in [0.15, 0.2) is 42.2 Å². The van der Waals surface area contributed by atoms with Gasteiger partial charge in [-0.2, -0.15) is 0 Å². The van der Waals surface area contributed by atoms with Gasteiger partial charge in [0.15, 0.2) is 0 Å². The lowest BCUT2D eigenvalue weighted by Gasteiger charge is -2.05. The fraction of sp³-hybridized carbons (Fsp3) is 0.0909. The van der Waals surface area contributed by atoms with Crippen molar-refractivity contribution in [3.63, 3.8) is 0 Å². The fourth-order valence-corrected chi connectivity index (χ4v) is 1.53. The monoisotopic (exact) mass is 186 g/mol. The van der Waals surface area contributed by atoms with Crippen LogP contribution in [0.5, 0.6) is 0 Å². The Bertz CT molecular complexity index is 324. The van der Waals surface area contributed by atoms with Crippen LogP contribution in [0.25, 0.3) is 4.91 Å². The lowest BCUT2D eigenvalue weighted by atomic mass is 10.1. The van der Waals surface area contributed by atoms with E-state index in [4.69, 9.17) is 7.85 Å². The van der Waals surface area contributed by atoms with E-state index in [0.29, 0.717) is 4.80 Å². The smallest absolute Gasteiger partial charge is 0.107 e. The molecule has 2 heteroatoms. The molecule has 13 heavy (non-hydrogen) atoms. The van der Waals surface area contributed by atoms with Crippen LogP contribution < -0.4 is 0 Å². The molecule has 1 aromatic carbocycles. The van der Waals surface area contributed by atoms with Crippen molar-refractivity contribution in [2.75, 3.05) is 0 Å². The molecule has 0 aliphatic heterocycles. The second-order valence-electron chi connectivity index (χ2n) is 2.86. The average molecular weight is 186 g/mol. The Balaban J connectivity index is 2.78. The predicted molar refractivity (Wildman–Crippen MR) is 62.7 cm³/mol. The van der Waals surface area contributed by atoms with E-state index < -0.39 is 0 Å². The van der Waals surface area contributed by atoms with E-state index in [-0.39, 0.29) is 0 Å². The van der Waals surface area contributed by atoms with Gasteiger partial charge in [0.1, 0.15) is 7.85 Å². The number of rotatable bonds is 3. The summed E-state index contributed by atoms with van der Waals surface area (Å²) in [6, 6.07) is 8.18. The predicted octanol–water partition coefficient (Wildman–Crippen LogP) is 3.34. The highest BCUT2D eigenvalue weighted by Crippen LogP contribution is 2.29. The Morgan fingerprint density at radius 1 is 1.23 bits per heavy atom. The Hall–Kier alpha value is -0.885. The summed E-state index contributed by atoms with van der Waals surface area (Å²) in [6.07, 6.45) is 0. The van der Waals surface area contributed by atoms with Crippen molar-refractivity contribution >= 4 is 24.5 Å². The van der Waals surface area contributed by atoms with E-state index in [0.717, 1.165) is 10.5 Å². The van der Waals surface area contributed by atoms with Gasteiger partial charge in [-0.15, -0.1) is 11.8 Å². The fourth-order valence-electron chi connectivity index (χ4n) is 0.957. The molecule has 0 heterocycles. The molecule has 0 aromatic heterocycles. The molecular formula is C11H11BS. The third-order valence-electron chi connectivity index (χ3n) is 1.63. The van der Waals surface area contributed by atoms with Crippen LogP contribution in [-0.2, 0) is 0 Å². The summed E-state index contributed by atoms with van der Waals surface area (Å²) in [5, 5.41) is 0. The highest BCUT2D eigenvalue weighted by atomic mass is 32.2. The lowest BCUT2D eigenvalue weighted by Crippen LogP contribution is -1.80. The summed E-state index contributed by atoms with van der Waals surface area (Å²) >= 11 is 1.40. The molecule has 0 nitrogen and oxygen atoms in total. The summed E-state index contributed by atoms with van der Waals surface area (Å²) in [5.74, 6) is 0. The second kappa shape index (κ2) is 4.38. The first-order valence-electron chi connectivity index (χ1n) is 3.98. The van der Waals surface area contributed by atoms with Gasteiger partial charge in [0.05, 0.1) is 0 Å². The molecule has 0 unspecified atom stereocenters. The van der Waals surface area contributed by atoms with Crippen LogP contribution >= 0.6 is 11.8 Å². The summed E-state index contributed by atoms with van der Waals surface area (Å²) < 4.78 is 0. The maximum Gasteiger partial charge on any atom is 0.123 e. The summed E-state index contributed by atoms with van der Waals surface area (Å²) in [4.78, 5) is 1.51. The van der Waals surface area contributed by atoms with Crippen molar-refractivity contribution < 1.29 is 0 Å². The van der Waals surface area contributed by atoms with Gasteiger partial charge >= 0.3 is 0 Å². The summed E-state index contributed by atoms with van der Waals surface area (Å²) in [7, 11) is 5.47. The molecule has 0 saturated heterocycles. The van der Waals surface area contributed by atoms with Crippen molar-refractivity contribution in [2.24, 2.45) is 0 Å². The first-order valence-corrected chi connectivity index (χ1v) is 4.79. The lowest BCUT2D eigenvalue weighted by molar-refractivity contribution is 1.46. The molecule has 0 aliphatic rings. The zero-order chi connectivity index (χ0) is 9.84. The Labute approximate surface area is 85.2 Å². The van der Waals surface area contributed by atoms with Crippen LogP contribution in [0.3, 0.4) is 0 Å². The number of benzene rings is 1. The first-order chi connectivity index (χ1) is 6.09. The molecule has 64 valence electrons. The minimum Gasteiger partial charge on any atom is -0.107 e. The zero-order valence-electron chi connectivity index (χ0n) is 7.71. The highest BCUT2D eigenvalue weighted by molar-refractivity contribution is 8.12. The third kappa shape index (κ3) is 3.15. The largest absolute Gasteiger partial charge is 0.123 e. The average Bonchev–Trinajstić information content (AvgIpc) is 2.04. The van der Waals surface area contributed by atoms with Gasteiger partial charge < -0.3 is 0 Å².